The summed E-state index contributed by atoms with van der Waals surface area (Å²) in [6, 6.07) is 7.60. The number of ether oxygens (including phenoxy) is 1. The van der Waals surface area contributed by atoms with Crippen molar-refractivity contribution in [2.75, 3.05) is 5.43 Å². The summed E-state index contributed by atoms with van der Waals surface area (Å²) in [4.78, 5) is 6.97. The highest BCUT2D eigenvalue weighted by Crippen LogP contribution is 2.32. The number of halogens is 3. The van der Waals surface area contributed by atoms with E-state index in [1.165, 1.54) is 0 Å². The summed E-state index contributed by atoms with van der Waals surface area (Å²) < 4.78 is 43.4. The van der Waals surface area contributed by atoms with Gasteiger partial charge in [-0.3, -0.25) is 5.43 Å². The van der Waals surface area contributed by atoms with Gasteiger partial charge in [0.15, 0.2) is 5.69 Å². The fraction of sp³-hybridized carbons (Fsp3) is 0.167. The number of nitrogen functional groups attached to an aromatic ring is 1. The first-order chi connectivity index (χ1) is 9.40. The number of para-hydroxylation sites is 1. The molecule has 2 aromatic rings. The topological polar surface area (TPSA) is 73.1 Å². The van der Waals surface area contributed by atoms with Crippen LogP contribution in [0.2, 0.25) is 0 Å². The lowest BCUT2D eigenvalue weighted by Gasteiger charge is -2.11. The molecule has 3 N–H and O–H groups in total. The Balaban J connectivity index is 2.39. The Morgan fingerprint density at radius 3 is 2.50 bits per heavy atom. The third-order valence-corrected chi connectivity index (χ3v) is 2.43. The lowest BCUT2D eigenvalue weighted by atomic mass is 10.2. The normalized spacial score (nSPS) is 11.2. The molecule has 0 bridgehead atoms. The molecule has 0 fully saturated rings. The molecule has 0 amide bonds. The van der Waals surface area contributed by atoms with Gasteiger partial charge in [0.1, 0.15) is 5.75 Å². The van der Waals surface area contributed by atoms with Crippen LogP contribution in [0, 0.1) is 6.92 Å². The van der Waals surface area contributed by atoms with Crippen molar-refractivity contribution >= 4 is 5.95 Å². The highest BCUT2D eigenvalue weighted by molar-refractivity contribution is 5.37. The summed E-state index contributed by atoms with van der Waals surface area (Å²) in [7, 11) is 0. The van der Waals surface area contributed by atoms with Crippen molar-refractivity contribution in [1.82, 2.24) is 9.97 Å². The number of hydrogen-bond donors (Lipinski definition) is 2. The highest BCUT2D eigenvalue weighted by Gasteiger charge is 2.34. The molecule has 0 saturated heterocycles. The molecule has 1 aromatic heterocycles. The standard InChI is InChI=1S/C12H11F3N4O/c1-7-4-2-3-5-8(7)20-10-6-9(12(13,14)15)17-11(18-10)19-16/h2-6H,16H2,1H3,(H,17,18,19). The molecule has 0 spiro atoms. The second-order valence-corrected chi connectivity index (χ2v) is 3.92. The fourth-order valence-corrected chi connectivity index (χ4v) is 1.47. The minimum atomic E-state index is -4.61. The van der Waals surface area contributed by atoms with Crippen LogP contribution in [0.3, 0.4) is 0 Å². The number of anilines is 1. The van der Waals surface area contributed by atoms with Gasteiger partial charge in [-0.15, -0.1) is 0 Å². The zero-order valence-corrected chi connectivity index (χ0v) is 10.4. The second-order valence-electron chi connectivity index (χ2n) is 3.92. The maximum Gasteiger partial charge on any atom is 0.433 e. The van der Waals surface area contributed by atoms with Crippen molar-refractivity contribution in [3.63, 3.8) is 0 Å². The van der Waals surface area contributed by atoms with E-state index < -0.39 is 11.9 Å². The molecular weight excluding hydrogens is 273 g/mol. The van der Waals surface area contributed by atoms with Crippen LogP contribution in [-0.4, -0.2) is 9.97 Å². The first-order valence-electron chi connectivity index (χ1n) is 5.56. The maximum absolute atomic E-state index is 12.7. The Kier molecular flexibility index (Phi) is 3.75. The van der Waals surface area contributed by atoms with Gasteiger partial charge in [-0.1, -0.05) is 18.2 Å². The van der Waals surface area contributed by atoms with Gasteiger partial charge in [0.2, 0.25) is 11.8 Å². The zero-order valence-electron chi connectivity index (χ0n) is 10.4. The maximum atomic E-state index is 12.7. The van der Waals surface area contributed by atoms with Crippen molar-refractivity contribution in [1.29, 1.82) is 0 Å². The average Bonchev–Trinajstić information content (AvgIpc) is 2.40. The summed E-state index contributed by atoms with van der Waals surface area (Å²) in [5, 5.41) is 0. The second kappa shape index (κ2) is 5.33. The number of hydrogen-bond acceptors (Lipinski definition) is 5. The lowest BCUT2D eigenvalue weighted by Crippen LogP contribution is -2.15. The molecule has 2 rings (SSSR count). The molecule has 1 heterocycles. The fourth-order valence-electron chi connectivity index (χ4n) is 1.47. The summed E-state index contributed by atoms with van der Waals surface area (Å²) in [5.41, 5.74) is 1.61. The number of alkyl halides is 3. The monoisotopic (exact) mass is 284 g/mol. The van der Waals surface area contributed by atoms with Gasteiger partial charge in [0.05, 0.1) is 0 Å². The largest absolute Gasteiger partial charge is 0.439 e. The van der Waals surface area contributed by atoms with E-state index in [1.807, 2.05) is 5.43 Å². The van der Waals surface area contributed by atoms with E-state index in [2.05, 4.69) is 9.97 Å². The van der Waals surface area contributed by atoms with Crippen molar-refractivity contribution < 1.29 is 17.9 Å². The molecule has 0 aliphatic carbocycles. The van der Waals surface area contributed by atoms with E-state index in [1.54, 1.807) is 31.2 Å². The van der Waals surface area contributed by atoms with Crippen LogP contribution >= 0.6 is 0 Å². The first-order valence-corrected chi connectivity index (χ1v) is 5.56. The Morgan fingerprint density at radius 2 is 1.90 bits per heavy atom. The number of rotatable bonds is 3. The molecule has 106 valence electrons. The van der Waals surface area contributed by atoms with Crippen molar-refractivity contribution in [3.05, 3.63) is 41.6 Å². The van der Waals surface area contributed by atoms with E-state index in [-0.39, 0.29) is 11.8 Å². The van der Waals surface area contributed by atoms with Crippen molar-refractivity contribution in [3.8, 4) is 11.6 Å². The quantitative estimate of drug-likeness (QED) is 0.669. The summed E-state index contributed by atoms with van der Waals surface area (Å²) in [5.74, 6) is 4.85. The number of hydrazine groups is 1. The van der Waals surface area contributed by atoms with Crippen LogP contribution in [0.25, 0.3) is 0 Å². The van der Waals surface area contributed by atoms with Gasteiger partial charge in [-0.05, 0) is 18.6 Å². The molecular formula is C12H11F3N4O. The number of nitrogens with two attached hydrogens (primary N) is 1. The molecule has 0 saturated carbocycles. The van der Waals surface area contributed by atoms with Gasteiger partial charge in [-0.2, -0.15) is 18.2 Å². The third-order valence-electron chi connectivity index (χ3n) is 2.43. The molecule has 0 atom stereocenters. The molecule has 0 aliphatic heterocycles. The minimum Gasteiger partial charge on any atom is -0.439 e. The summed E-state index contributed by atoms with van der Waals surface area (Å²) >= 11 is 0. The lowest BCUT2D eigenvalue weighted by molar-refractivity contribution is -0.141. The molecule has 20 heavy (non-hydrogen) atoms. The smallest absolute Gasteiger partial charge is 0.433 e. The number of benzene rings is 1. The van der Waals surface area contributed by atoms with Crippen LogP contribution in [0.15, 0.2) is 30.3 Å². The SMILES string of the molecule is Cc1ccccc1Oc1cc(C(F)(F)F)nc(NN)n1. The number of aromatic nitrogens is 2. The van der Waals surface area contributed by atoms with Crippen molar-refractivity contribution in [2.24, 2.45) is 5.84 Å². The van der Waals surface area contributed by atoms with Crippen LogP contribution < -0.4 is 16.0 Å². The van der Waals surface area contributed by atoms with Crippen LogP contribution in [0.4, 0.5) is 19.1 Å². The number of nitrogens with zero attached hydrogens (tertiary/aromatic N) is 2. The van der Waals surface area contributed by atoms with Crippen LogP contribution in [-0.2, 0) is 6.18 Å². The predicted molar refractivity (Wildman–Crippen MR) is 66.1 cm³/mol. The zero-order chi connectivity index (χ0) is 14.8. The van der Waals surface area contributed by atoms with E-state index >= 15 is 0 Å². The van der Waals surface area contributed by atoms with E-state index in [9.17, 15) is 13.2 Å². The molecule has 0 aliphatic rings. The molecule has 1 aromatic carbocycles. The molecule has 0 unspecified atom stereocenters. The highest BCUT2D eigenvalue weighted by atomic mass is 19.4. The number of nitrogens with one attached hydrogen (secondary N) is 1. The van der Waals surface area contributed by atoms with Crippen LogP contribution in [0.1, 0.15) is 11.3 Å². The van der Waals surface area contributed by atoms with Gasteiger partial charge < -0.3 is 4.74 Å². The van der Waals surface area contributed by atoms with E-state index in [0.29, 0.717) is 11.8 Å². The Bertz CT molecular complexity index is 616. The number of aryl methyl sites for hydroxylation is 1. The van der Waals surface area contributed by atoms with Crippen LogP contribution in [0.5, 0.6) is 11.6 Å². The van der Waals surface area contributed by atoms with E-state index in [0.717, 1.165) is 5.56 Å². The first kappa shape index (κ1) is 14.1. The molecule has 5 nitrogen and oxygen atoms in total. The van der Waals surface area contributed by atoms with Gasteiger partial charge >= 0.3 is 6.18 Å². The minimum absolute atomic E-state index is 0.241. The predicted octanol–water partition coefficient (Wildman–Crippen LogP) is 2.88. The Labute approximate surface area is 112 Å². The van der Waals surface area contributed by atoms with Gasteiger partial charge in [0.25, 0.3) is 0 Å². The Morgan fingerprint density at radius 1 is 1.20 bits per heavy atom. The third kappa shape index (κ3) is 3.15. The summed E-state index contributed by atoms with van der Waals surface area (Å²) in [6.07, 6.45) is -4.61. The van der Waals surface area contributed by atoms with Gasteiger partial charge in [-0.25, -0.2) is 10.8 Å². The Hall–Kier alpha value is -2.35. The van der Waals surface area contributed by atoms with Gasteiger partial charge in [0, 0.05) is 6.07 Å². The molecule has 8 heteroatoms. The average molecular weight is 284 g/mol. The molecule has 0 radical (unpaired) electrons. The summed E-state index contributed by atoms with van der Waals surface area (Å²) in [6.45, 7) is 1.77. The van der Waals surface area contributed by atoms with Crippen molar-refractivity contribution in [2.45, 2.75) is 13.1 Å². The van der Waals surface area contributed by atoms with E-state index in [4.69, 9.17) is 10.6 Å².